The smallest absolute Gasteiger partial charge is 0.327 e. The van der Waals surface area contributed by atoms with Crippen molar-refractivity contribution < 1.29 is 34.2 Å². The fourth-order valence-electron chi connectivity index (χ4n) is 4.12. The SMILES string of the molecule is CNC(CC(N)=O)C(=O)NC(C(=O)NC1C(=O)N2C1SC(C)(C)C2C(=O)O)c1ccc(O)cc1. The highest BCUT2D eigenvalue weighted by Gasteiger charge is 2.64. The number of benzene rings is 1. The number of aliphatic carboxylic acids is 1. The zero-order valence-corrected chi connectivity index (χ0v) is 19.6. The van der Waals surface area contributed by atoms with E-state index in [9.17, 15) is 34.2 Å². The summed E-state index contributed by atoms with van der Waals surface area (Å²) >= 11 is 1.27. The number of fused-ring (bicyclic) bond motifs is 1. The molecular formula is C21H27N5O7S. The third-order valence-electron chi connectivity index (χ3n) is 5.82. The number of amides is 4. The number of phenolic OH excluding ortho intramolecular Hbond substituents is 1. The molecule has 184 valence electrons. The molecule has 1 aromatic rings. The summed E-state index contributed by atoms with van der Waals surface area (Å²) in [5.74, 6) is -3.79. The Kier molecular flexibility index (Phi) is 7.07. The first-order valence-corrected chi connectivity index (χ1v) is 11.3. The van der Waals surface area contributed by atoms with Gasteiger partial charge in [0, 0.05) is 4.75 Å². The number of primary amides is 1. The van der Waals surface area contributed by atoms with Gasteiger partial charge in [0.25, 0.3) is 0 Å². The maximum absolute atomic E-state index is 13.2. The molecular weight excluding hydrogens is 466 g/mol. The van der Waals surface area contributed by atoms with Crippen LogP contribution in [0.5, 0.6) is 5.75 Å². The van der Waals surface area contributed by atoms with Gasteiger partial charge < -0.3 is 36.8 Å². The number of thioether (sulfide) groups is 1. The normalized spacial score (nSPS) is 24.4. The van der Waals surface area contributed by atoms with Crippen molar-refractivity contribution in [3.8, 4) is 5.75 Å². The van der Waals surface area contributed by atoms with Crippen LogP contribution in [0.3, 0.4) is 0 Å². The molecule has 0 saturated carbocycles. The van der Waals surface area contributed by atoms with Crippen LogP contribution in [0.4, 0.5) is 0 Å². The van der Waals surface area contributed by atoms with E-state index in [2.05, 4.69) is 16.0 Å². The molecule has 0 aliphatic carbocycles. The van der Waals surface area contributed by atoms with Gasteiger partial charge in [0.1, 0.15) is 29.2 Å². The molecule has 2 fully saturated rings. The number of carboxylic acids is 1. The third kappa shape index (κ3) is 4.80. The number of aromatic hydroxyl groups is 1. The molecule has 2 saturated heterocycles. The third-order valence-corrected chi connectivity index (χ3v) is 7.39. The van der Waals surface area contributed by atoms with Crippen LogP contribution in [-0.2, 0) is 24.0 Å². The summed E-state index contributed by atoms with van der Waals surface area (Å²) in [5, 5.41) is 26.4. The lowest BCUT2D eigenvalue weighted by atomic mass is 9.95. The molecule has 2 heterocycles. The minimum absolute atomic E-state index is 0.0508. The Bertz CT molecular complexity index is 1020. The summed E-state index contributed by atoms with van der Waals surface area (Å²) in [6.45, 7) is 3.44. The van der Waals surface area contributed by atoms with Crippen molar-refractivity contribution >= 4 is 41.4 Å². The van der Waals surface area contributed by atoms with Gasteiger partial charge in [0.2, 0.25) is 23.6 Å². The molecule has 3 rings (SSSR count). The molecule has 0 aromatic heterocycles. The Balaban J connectivity index is 1.80. The summed E-state index contributed by atoms with van der Waals surface area (Å²) in [4.78, 5) is 62.9. The monoisotopic (exact) mass is 493 g/mol. The van der Waals surface area contributed by atoms with E-state index in [0.717, 1.165) is 0 Å². The van der Waals surface area contributed by atoms with E-state index in [-0.39, 0.29) is 12.2 Å². The van der Waals surface area contributed by atoms with Crippen LogP contribution in [0.15, 0.2) is 24.3 Å². The summed E-state index contributed by atoms with van der Waals surface area (Å²) < 4.78 is -0.759. The predicted octanol–water partition coefficient (Wildman–Crippen LogP) is -1.36. The molecule has 12 nitrogen and oxygen atoms in total. The Morgan fingerprint density at radius 2 is 1.79 bits per heavy atom. The van der Waals surface area contributed by atoms with Crippen LogP contribution in [-0.4, -0.2) is 80.0 Å². The number of carbonyl (C=O) groups is 5. The van der Waals surface area contributed by atoms with Crippen molar-refractivity contribution in [3.05, 3.63) is 29.8 Å². The number of nitrogens with two attached hydrogens (primary N) is 1. The van der Waals surface area contributed by atoms with Gasteiger partial charge in [-0.3, -0.25) is 19.2 Å². The standard InChI is InChI=1S/C21H27N5O7S/c1-21(2)15(20(32)33)26-18(31)14(19(26)34-21)25-17(30)13(9-4-6-10(27)7-5-9)24-16(29)11(23-3)8-12(22)28/h4-7,11,13-15,19,23,27H,8H2,1-3H3,(H2,22,28)(H,24,29)(H,25,30)(H,32,33). The topological polar surface area (TPSA) is 191 Å². The number of hydrogen-bond donors (Lipinski definition) is 6. The van der Waals surface area contributed by atoms with Crippen LogP contribution < -0.4 is 21.7 Å². The number of likely N-dealkylation sites (N-methyl/N-ethyl adjacent to an activating group) is 1. The van der Waals surface area contributed by atoms with Gasteiger partial charge in [-0.15, -0.1) is 11.8 Å². The molecule has 0 bridgehead atoms. The number of nitrogens with zero attached hydrogens (tertiary/aromatic N) is 1. The van der Waals surface area contributed by atoms with Crippen molar-refractivity contribution in [1.82, 2.24) is 20.9 Å². The zero-order chi connectivity index (χ0) is 25.4. The minimum Gasteiger partial charge on any atom is -0.508 e. The highest BCUT2D eigenvalue weighted by molar-refractivity contribution is 8.01. The molecule has 0 spiro atoms. The first-order chi connectivity index (χ1) is 15.9. The zero-order valence-electron chi connectivity index (χ0n) is 18.8. The largest absolute Gasteiger partial charge is 0.508 e. The molecule has 2 aliphatic heterocycles. The van der Waals surface area contributed by atoms with Crippen molar-refractivity contribution in [3.63, 3.8) is 0 Å². The molecule has 13 heteroatoms. The molecule has 1 aromatic carbocycles. The lowest BCUT2D eigenvalue weighted by molar-refractivity contribution is -0.161. The Hall–Kier alpha value is -3.32. The van der Waals surface area contributed by atoms with Gasteiger partial charge in [0.05, 0.1) is 12.5 Å². The van der Waals surface area contributed by atoms with Gasteiger partial charge in [-0.25, -0.2) is 4.79 Å². The molecule has 0 radical (unpaired) electrons. The van der Waals surface area contributed by atoms with Crippen molar-refractivity contribution in [2.45, 2.75) is 54.6 Å². The van der Waals surface area contributed by atoms with Crippen LogP contribution in [0.25, 0.3) is 0 Å². The Morgan fingerprint density at radius 1 is 1.18 bits per heavy atom. The van der Waals surface area contributed by atoms with Gasteiger partial charge in [-0.1, -0.05) is 12.1 Å². The summed E-state index contributed by atoms with van der Waals surface area (Å²) in [7, 11) is 1.46. The van der Waals surface area contributed by atoms with Crippen LogP contribution in [0.1, 0.15) is 31.9 Å². The van der Waals surface area contributed by atoms with Gasteiger partial charge in [0.15, 0.2) is 0 Å². The molecule has 5 unspecified atom stereocenters. The van der Waals surface area contributed by atoms with E-state index in [0.29, 0.717) is 5.56 Å². The molecule has 2 aliphatic rings. The fourth-order valence-corrected chi connectivity index (χ4v) is 5.74. The molecule has 7 N–H and O–H groups in total. The van der Waals surface area contributed by atoms with E-state index in [1.54, 1.807) is 13.8 Å². The predicted molar refractivity (Wildman–Crippen MR) is 121 cm³/mol. The highest BCUT2D eigenvalue weighted by atomic mass is 32.2. The number of carboxylic acid groups (broad SMARTS) is 1. The second kappa shape index (κ2) is 9.50. The lowest BCUT2D eigenvalue weighted by Crippen LogP contribution is -2.71. The van der Waals surface area contributed by atoms with Crippen molar-refractivity contribution in [2.75, 3.05) is 7.05 Å². The van der Waals surface area contributed by atoms with Crippen LogP contribution >= 0.6 is 11.8 Å². The average Bonchev–Trinajstić information content (AvgIpc) is 3.02. The van der Waals surface area contributed by atoms with Gasteiger partial charge in [-0.2, -0.15) is 0 Å². The second-order valence-corrected chi connectivity index (χ2v) is 10.4. The summed E-state index contributed by atoms with van der Waals surface area (Å²) in [6, 6.07) is 1.30. The number of carbonyl (C=O) groups excluding carboxylic acids is 4. The van der Waals surface area contributed by atoms with Gasteiger partial charge in [-0.05, 0) is 38.6 Å². The maximum Gasteiger partial charge on any atom is 0.327 e. The maximum atomic E-state index is 13.2. The summed E-state index contributed by atoms with van der Waals surface area (Å²) in [5.41, 5.74) is 5.51. The van der Waals surface area contributed by atoms with E-state index in [1.807, 2.05) is 0 Å². The number of rotatable bonds is 9. The Morgan fingerprint density at radius 3 is 2.32 bits per heavy atom. The molecule has 4 amide bonds. The van der Waals surface area contributed by atoms with E-state index < -0.39 is 63.9 Å². The second-order valence-electron chi connectivity index (χ2n) is 8.63. The van der Waals surface area contributed by atoms with Crippen LogP contribution in [0, 0.1) is 0 Å². The number of hydrogen-bond acceptors (Lipinski definition) is 8. The molecule has 5 atom stereocenters. The van der Waals surface area contributed by atoms with E-state index in [1.165, 1.54) is 48.0 Å². The fraction of sp³-hybridized carbons (Fsp3) is 0.476. The average molecular weight is 494 g/mol. The quantitative estimate of drug-likeness (QED) is 0.226. The number of β-lactam (4-membered cyclic amide) rings is 1. The first-order valence-electron chi connectivity index (χ1n) is 10.5. The number of nitrogens with one attached hydrogen (secondary N) is 3. The minimum atomic E-state index is -1.26. The first kappa shape index (κ1) is 25.3. The highest BCUT2D eigenvalue weighted by Crippen LogP contribution is 2.50. The van der Waals surface area contributed by atoms with Crippen LogP contribution in [0.2, 0.25) is 0 Å². The Labute approximate surface area is 199 Å². The van der Waals surface area contributed by atoms with Crippen molar-refractivity contribution in [1.29, 1.82) is 0 Å². The van der Waals surface area contributed by atoms with Gasteiger partial charge >= 0.3 is 5.97 Å². The lowest BCUT2D eigenvalue weighted by Gasteiger charge is -2.44. The summed E-state index contributed by atoms with van der Waals surface area (Å²) in [6.07, 6.45) is -0.299. The molecule has 34 heavy (non-hydrogen) atoms. The number of phenols is 1. The van der Waals surface area contributed by atoms with E-state index in [4.69, 9.17) is 5.73 Å². The van der Waals surface area contributed by atoms with Crippen molar-refractivity contribution in [2.24, 2.45) is 5.73 Å². The van der Waals surface area contributed by atoms with E-state index >= 15 is 0 Å².